The van der Waals surface area contributed by atoms with E-state index in [0.717, 1.165) is 11.3 Å². The summed E-state index contributed by atoms with van der Waals surface area (Å²) >= 11 is 0. The summed E-state index contributed by atoms with van der Waals surface area (Å²) in [4.78, 5) is 11.7. The number of aryl methyl sites for hydroxylation is 1. The van der Waals surface area contributed by atoms with E-state index in [1.165, 1.54) is 5.56 Å². The minimum atomic E-state index is -0.452. The van der Waals surface area contributed by atoms with E-state index in [4.69, 9.17) is 9.47 Å². The van der Waals surface area contributed by atoms with Crippen molar-refractivity contribution >= 4 is 5.97 Å². The van der Waals surface area contributed by atoms with Gasteiger partial charge in [0.1, 0.15) is 18.4 Å². The molecular formula is C17H27NO3. The Kier molecular flexibility index (Phi) is 6.21. The standard InChI is InChI=1S/C17H27NO3/c1-7-20-16(19)14(18-6)11-21-15-9-8-13(10-12(15)2)17(3,4)5/h8-10,14,18H,7,11H2,1-6H3. The molecule has 4 nitrogen and oxygen atoms in total. The molecule has 0 aliphatic carbocycles. The summed E-state index contributed by atoms with van der Waals surface area (Å²) in [5.41, 5.74) is 2.45. The fourth-order valence-electron chi connectivity index (χ4n) is 1.96. The van der Waals surface area contributed by atoms with Crippen LogP contribution >= 0.6 is 0 Å². The molecule has 0 fully saturated rings. The molecule has 1 aromatic carbocycles. The third kappa shape index (κ3) is 5.05. The molecule has 0 spiro atoms. The first-order valence-corrected chi connectivity index (χ1v) is 7.37. The molecule has 1 rings (SSSR count). The van der Waals surface area contributed by atoms with E-state index in [2.05, 4.69) is 38.2 Å². The van der Waals surface area contributed by atoms with Gasteiger partial charge in [0.05, 0.1) is 6.61 Å². The summed E-state index contributed by atoms with van der Waals surface area (Å²) in [6.07, 6.45) is 0. The maximum absolute atomic E-state index is 11.7. The van der Waals surface area contributed by atoms with E-state index in [9.17, 15) is 4.79 Å². The summed E-state index contributed by atoms with van der Waals surface area (Å²) in [6, 6.07) is 5.72. The smallest absolute Gasteiger partial charge is 0.326 e. The molecule has 0 bridgehead atoms. The zero-order valence-corrected chi connectivity index (χ0v) is 13.9. The molecule has 0 amide bonds. The van der Waals surface area contributed by atoms with Gasteiger partial charge in [-0.05, 0) is 43.5 Å². The van der Waals surface area contributed by atoms with Crippen LogP contribution in [0.3, 0.4) is 0 Å². The third-order valence-electron chi connectivity index (χ3n) is 3.37. The average Bonchev–Trinajstić information content (AvgIpc) is 2.40. The van der Waals surface area contributed by atoms with Crippen molar-refractivity contribution < 1.29 is 14.3 Å². The SMILES string of the molecule is CCOC(=O)C(COc1ccc(C(C)(C)C)cc1C)NC. The Morgan fingerprint density at radius 2 is 2.00 bits per heavy atom. The third-order valence-corrected chi connectivity index (χ3v) is 3.37. The van der Waals surface area contributed by atoms with Crippen molar-refractivity contribution in [2.24, 2.45) is 0 Å². The van der Waals surface area contributed by atoms with E-state index in [0.29, 0.717) is 6.61 Å². The second-order valence-corrected chi connectivity index (χ2v) is 6.13. The van der Waals surface area contributed by atoms with Gasteiger partial charge in [-0.2, -0.15) is 0 Å². The topological polar surface area (TPSA) is 47.6 Å². The zero-order chi connectivity index (χ0) is 16.0. The van der Waals surface area contributed by atoms with Crippen LogP contribution in [0.4, 0.5) is 0 Å². The molecule has 0 aromatic heterocycles. The van der Waals surface area contributed by atoms with Crippen LogP contribution in [-0.4, -0.2) is 32.3 Å². The Morgan fingerprint density at radius 3 is 2.48 bits per heavy atom. The van der Waals surface area contributed by atoms with Crippen molar-refractivity contribution in [3.8, 4) is 5.75 Å². The average molecular weight is 293 g/mol. The molecule has 4 heteroatoms. The number of esters is 1. The number of likely N-dealkylation sites (N-methyl/N-ethyl adjacent to an activating group) is 1. The molecule has 0 saturated heterocycles. The monoisotopic (exact) mass is 293 g/mol. The first kappa shape index (κ1) is 17.5. The predicted octanol–water partition coefficient (Wildman–Crippen LogP) is 2.82. The Hall–Kier alpha value is -1.55. The number of hydrogen-bond acceptors (Lipinski definition) is 4. The molecule has 0 radical (unpaired) electrons. The first-order chi connectivity index (χ1) is 9.79. The van der Waals surface area contributed by atoms with Gasteiger partial charge >= 0.3 is 5.97 Å². The zero-order valence-electron chi connectivity index (χ0n) is 13.9. The number of carbonyl (C=O) groups excluding carboxylic acids is 1. The van der Waals surface area contributed by atoms with Crippen LogP contribution in [0.25, 0.3) is 0 Å². The highest BCUT2D eigenvalue weighted by atomic mass is 16.5. The quantitative estimate of drug-likeness (QED) is 0.819. The molecule has 1 atom stereocenters. The minimum Gasteiger partial charge on any atom is -0.491 e. The fraction of sp³-hybridized carbons (Fsp3) is 0.588. The van der Waals surface area contributed by atoms with Crippen molar-refractivity contribution in [1.82, 2.24) is 5.32 Å². The highest BCUT2D eigenvalue weighted by Gasteiger charge is 2.19. The molecule has 0 aliphatic heterocycles. The number of rotatable bonds is 6. The predicted molar refractivity (Wildman–Crippen MR) is 84.9 cm³/mol. The van der Waals surface area contributed by atoms with Crippen LogP contribution in [0.15, 0.2) is 18.2 Å². The highest BCUT2D eigenvalue weighted by Crippen LogP contribution is 2.27. The van der Waals surface area contributed by atoms with E-state index in [-0.39, 0.29) is 18.0 Å². The van der Waals surface area contributed by atoms with E-state index >= 15 is 0 Å². The number of nitrogens with one attached hydrogen (secondary N) is 1. The van der Waals surface area contributed by atoms with Crippen molar-refractivity contribution in [2.45, 2.75) is 46.1 Å². The molecular weight excluding hydrogens is 266 g/mol. The van der Waals surface area contributed by atoms with Crippen LogP contribution in [-0.2, 0) is 14.9 Å². The highest BCUT2D eigenvalue weighted by molar-refractivity contribution is 5.75. The lowest BCUT2D eigenvalue weighted by atomic mass is 9.86. The summed E-state index contributed by atoms with van der Waals surface area (Å²) in [5.74, 6) is 0.511. The van der Waals surface area contributed by atoms with E-state index in [1.54, 1.807) is 14.0 Å². The van der Waals surface area contributed by atoms with Gasteiger partial charge in [0, 0.05) is 0 Å². The summed E-state index contributed by atoms with van der Waals surface area (Å²) in [5, 5.41) is 2.91. The molecule has 0 heterocycles. The van der Waals surface area contributed by atoms with Gasteiger partial charge in [-0.3, -0.25) is 4.79 Å². The van der Waals surface area contributed by atoms with Gasteiger partial charge in [0.15, 0.2) is 0 Å². The van der Waals surface area contributed by atoms with Crippen molar-refractivity contribution in [3.63, 3.8) is 0 Å². The van der Waals surface area contributed by atoms with Crippen LogP contribution < -0.4 is 10.1 Å². The molecule has 118 valence electrons. The molecule has 1 aromatic rings. The van der Waals surface area contributed by atoms with Gasteiger partial charge in [-0.1, -0.05) is 32.9 Å². The van der Waals surface area contributed by atoms with Crippen LogP contribution in [0.5, 0.6) is 5.75 Å². The molecule has 0 aliphatic rings. The number of ether oxygens (including phenoxy) is 2. The van der Waals surface area contributed by atoms with E-state index in [1.807, 2.05) is 13.0 Å². The van der Waals surface area contributed by atoms with Gasteiger partial charge < -0.3 is 14.8 Å². The fourth-order valence-corrected chi connectivity index (χ4v) is 1.96. The first-order valence-electron chi connectivity index (χ1n) is 7.37. The summed E-state index contributed by atoms with van der Waals surface area (Å²) < 4.78 is 10.8. The maximum Gasteiger partial charge on any atom is 0.326 e. The van der Waals surface area contributed by atoms with Crippen molar-refractivity contribution in [3.05, 3.63) is 29.3 Å². The number of benzene rings is 1. The maximum atomic E-state index is 11.7. The van der Waals surface area contributed by atoms with Gasteiger partial charge in [-0.25, -0.2) is 0 Å². The van der Waals surface area contributed by atoms with Gasteiger partial charge in [0.25, 0.3) is 0 Å². The number of hydrogen-bond donors (Lipinski definition) is 1. The summed E-state index contributed by atoms with van der Waals surface area (Å²) in [7, 11) is 1.72. The normalized spacial score (nSPS) is 12.9. The molecule has 1 unspecified atom stereocenters. The number of carbonyl (C=O) groups is 1. The Balaban J connectivity index is 2.73. The lowest BCUT2D eigenvalue weighted by molar-refractivity contribution is -0.146. The van der Waals surface area contributed by atoms with Crippen molar-refractivity contribution in [1.29, 1.82) is 0 Å². The Morgan fingerprint density at radius 1 is 1.33 bits per heavy atom. The lowest BCUT2D eigenvalue weighted by Crippen LogP contribution is -2.40. The molecule has 0 saturated carbocycles. The molecule has 1 N–H and O–H groups in total. The van der Waals surface area contributed by atoms with Crippen LogP contribution in [0.1, 0.15) is 38.8 Å². The van der Waals surface area contributed by atoms with Gasteiger partial charge in [0.2, 0.25) is 0 Å². The second-order valence-electron chi connectivity index (χ2n) is 6.13. The Bertz CT molecular complexity index is 477. The van der Waals surface area contributed by atoms with Crippen molar-refractivity contribution in [2.75, 3.05) is 20.3 Å². The largest absolute Gasteiger partial charge is 0.491 e. The summed E-state index contributed by atoms with van der Waals surface area (Å²) in [6.45, 7) is 11.0. The molecule has 21 heavy (non-hydrogen) atoms. The van der Waals surface area contributed by atoms with Crippen LogP contribution in [0.2, 0.25) is 0 Å². The van der Waals surface area contributed by atoms with Gasteiger partial charge in [-0.15, -0.1) is 0 Å². The minimum absolute atomic E-state index is 0.113. The Labute approximate surface area is 127 Å². The lowest BCUT2D eigenvalue weighted by Gasteiger charge is -2.21. The van der Waals surface area contributed by atoms with E-state index < -0.39 is 6.04 Å². The second kappa shape index (κ2) is 7.46. The van der Waals surface area contributed by atoms with Crippen LogP contribution in [0, 0.1) is 6.92 Å².